The largest absolute Gasteiger partial charge is 0.444 e. The molecule has 5 nitrogen and oxygen atoms in total. The smallest absolute Gasteiger partial charge is 0.290 e. The van der Waals surface area contributed by atoms with Crippen LogP contribution >= 0.6 is 15.9 Å². The second-order valence-corrected chi connectivity index (χ2v) is 4.78. The third kappa shape index (κ3) is 2.69. The van der Waals surface area contributed by atoms with E-state index in [9.17, 15) is 9.59 Å². The van der Waals surface area contributed by atoms with E-state index in [0.29, 0.717) is 17.8 Å². The van der Waals surface area contributed by atoms with Gasteiger partial charge in [0, 0.05) is 20.1 Å². The molecule has 1 fully saturated rings. The topological polar surface area (TPSA) is 53.8 Å². The molecule has 1 aliphatic heterocycles. The normalized spacial score (nSPS) is 17.2. The van der Waals surface area contributed by atoms with E-state index in [1.165, 1.54) is 4.90 Å². The van der Waals surface area contributed by atoms with Crippen LogP contribution < -0.4 is 0 Å². The van der Waals surface area contributed by atoms with Gasteiger partial charge in [-0.1, -0.05) is 0 Å². The van der Waals surface area contributed by atoms with Crippen molar-refractivity contribution in [3.63, 3.8) is 0 Å². The zero-order valence-electron chi connectivity index (χ0n) is 9.48. The second kappa shape index (κ2) is 4.91. The molecule has 6 heteroatoms. The predicted octanol–water partition coefficient (Wildman–Crippen LogP) is 1.35. The number of likely N-dealkylation sites (N-methyl/N-ethyl adjacent to an activating group) is 1. The zero-order chi connectivity index (χ0) is 12.4. The molecule has 17 heavy (non-hydrogen) atoms. The molecule has 2 rings (SSSR count). The summed E-state index contributed by atoms with van der Waals surface area (Å²) >= 11 is 3.15. The summed E-state index contributed by atoms with van der Waals surface area (Å²) in [5.41, 5.74) is 0. The number of amides is 2. The van der Waals surface area contributed by atoms with E-state index in [2.05, 4.69) is 15.9 Å². The Morgan fingerprint density at radius 1 is 1.41 bits per heavy atom. The SMILES string of the molecule is CN1CCCN(C(=O)c2ccc(Br)o2)CC1=O. The van der Waals surface area contributed by atoms with Crippen molar-refractivity contribution in [3.05, 3.63) is 22.6 Å². The van der Waals surface area contributed by atoms with E-state index < -0.39 is 0 Å². The average molecular weight is 301 g/mol. The summed E-state index contributed by atoms with van der Waals surface area (Å²) in [6.07, 6.45) is 0.788. The van der Waals surface area contributed by atoms with Gasteiger partial charge in [-0.25, -0.2) is 0 Å². The van der Waals surface area contributed by atoms with Crippen molar-refractivity contribution in [2.24, 2.45) is 0 Å². The number of halogens is 1. The molecule has 0 radical (unpaired) electrons. The van der Waals surface area contributed by atoms with Crippen LogP contribution in [0.25, 0.3) is 0 Å². The summed E-state index contributed by atoms with van der Waals surface area (Å²) in [5.74, 6) is -0.0185. The van der Waals surface area contributed by atoms with Gasteiger partial charge in [0.05, 0.1) is 0 Å². The first-order chi connectivity index (χ1) is 8.08. The Bertz CT molecular complexity index is 444. The van der Waals surface area contributed by atoms with Gasteiger partial charge in [0.1, 0.15) is 6.54 Å². The average Bonchev–Trinajstić information content (AvgIpc) is 2.65. The standard InChI is InChI=1S/C11H13BrN2O3/c1-13-5-2-6-14(7-10(13)15)11(16)8-3-4-9(12)17-8/h3-4H,2,5-7H2,1H3. The molecule has 0 unspecified atom stereocenters. The lowest BCUT2D eigenvalue weighted by Gasteiger charge is -2.18. The molecular weight excluding hydrogens is 288 g/mol. The summed E-state index contributed by atoms with van der Waals surface area (Å²) < 4.78 is 5.72. The van der Waals surface area contributed by atoms with Crippen molar-refractivity contribution < 1.29 is 14.0 Å². The van der Waals surface area contributed by atoms with Crippen LogP contribution in [0.2, 0.25) is 0 Å². The van der Waals surface area contributed by atoms with Crippen LogP contribution in [0.4, 0.5) is 0 Å². The van der Waals surface area contributed by atoms with Crippen LogP contribution in [0.3, 0.4) is 0 Å². The molecule has 0 saturated carbocycles. The lowest BCUT2D eigenvalue weighted by Crippen LogP contribution is -2.37. The fraction of sp³-hybridized carbons (Fsp3) is 0.455. The molecule has 92 valence electrons. The Labute approximate surface area is 107 Å². The number of carbonyl (C=O) groups is 2. The maximum atomic E-state index is 12.1. The van der Waals surface area contributed by atoms with E-state index >= 15 is 0 Å². The van der Waals surface area contributed by atoms with E-state index in [1.807, 2.05) is 0 Å². The Morgan fingerprint density at radius 2 is 2.18 bits per heavy atom. The lowest BCUT2D eigenvalue weighted by atomic mass is 10.3. The van der Waals surface area contributed by atoms with E-state index in [1.54, 1.807) is 24.1 Å². The number of hydrogen-bond donors (Lipinski definition) is 0. The number of carbonyl (C=O) groups excluding carboxylic acids is 2. The van der Waals surface area contributed by atoms with Gasteiger partial charge in [-0.3, -0.25) is 9.59 Å². The Morgan fingerprint density at radius 3 is 2.82 bits per heavy atom. The first-order valence-electron chi connectivity index (χ1n) is 5.36. The first kappa shape index (κ1) is 12.2. The Kier molecular flexibility index (Phi) is 3.51. The monoisotopic (exact) mass is 300 g/mol. The van der Waals surface area contributed by atoms with Gasteiger partial charge in [-0.2, -0.15) is 0 Å². The van der Waals surface area contributed by atoms with Gasteiger partial charge in [-0.15, -0.1) is 0 Å². The molecule has 1 aromatic heterocycles. The second-order valence-electron chi connectivity index (χ2n) is 4.00. The summed E-state index contributed by atoms with van der Waals surface area (Å²) in [6, 6.07) is 3.27. The Hall–Kier alpha value is -1.30. The van der Waals surface area contributed by atoms with Crippen molar-refractivity contribution in [1.82, 2.24) is 9.80 Å². The van der Waals surface area contributed by atoms with E-state index in [4.69, 9.17) is 4.42 Å². The third-order valence-electron chi connectivity index (χ3n) is 2.74. The summed E-state index contributed by atoms with van der Waals surface area (Å²) in [4.78, 5) is 26.9. The molecule has 2 heterocycles. The van der Waals surface area contributed by atoms with Gasteiger partial charge in [0.2, 0.25) is 5.91 Å². The van der Waals surface area contributed by atoms with Crippen LogP contribution in [-0.2, 0) is 4.79 Å². The molecule has 0 aromatic carbocycles. The first-order valence-corrected chi connectivity index (χ1v) is 6.16. The Balaban J connectivity index is 2.11. The van der Waals surface area contributed by atoms with Crippen LogP contribution in [0, 0.1) is 0 Å². The number of furan rings is 1. The molecule has 1 saturated heterocycles. The highest BCUT2D eigenvalue weighted by atomic mass is 79.9. The lowest BCUT2D eigenvalue weighted by molar-refractivity contribution is -0.129. The summed E-state index contributed by atoms with van der Waals surface area (Å²) in [5, 5.41) is 0. The van der Waals surface area contributed by atoms with Crippen molar-refractivity contribution in [3.8, 4) is 0 Å². The van der Waals surface area contributed by atoms with Gasteiger partial charge < -0.3 is 14.2 Å². The highest BCUT2D eigenvalue weighted by molar-refractivity contribution is 9.10. The molecule has 1 aromatic rings. The van der Waals surface area contributed by atoms with Crippen molar-refractivity contribution in [2.45, 2.75) is 6.42 Å². The van der Waals surface area contributed by atoms with Crippen LogP contribution in [0.15, 0.2) is 21.2 Å². The quantitative estimate of drug-likeness (QED) is 0.787. The highest BCUT2D eigenvalue weighted by Gasteiger charge is 2.25. The van der Waals surface area contributed by atoms with E-state index in [0.717, 1.165) is 6.42 Å². The van der Waals surface area contributed by atoms with Crippen molar-refractivity contribution in [1.29, 1.82) is 0 Å². The molecule has 0 bridgehead atoms. The molecule has 0 atom stereocenters. The molecule has 0 spiro atoms. The maximum Gasteiger partial charge on any atom is 0.290 e. The maximum absolute atomic E-state index is 12.1. The van der Waals surface area contributed by atoms with Crippen LogP contribution in [0.5, 0.6) is 0 Å². The molecule has 1 aliphatic rings. The zero-order valence-corrected chi connectivity index (χ0v) is 11.1. The van der Waals surface area contributed by atoms with Crippen LogP contribution in [-0.4, -0.2) is 48.3 Å². The predicted molar refractivity (Wildman–Crippen MR) is 64.6 cm³/mol. The van der Waals surface area contributed by atoms with Gasteiger partial charge in [-0.05, 0) is 34.5 Å². The molecule has 0 N–H and O–H groups in total. The van der Waals surface area contributed by atoms with Gasteiger partial charge in [0.25, 0.3) is 5.91 Å². The number of hydrogen-bond acceptors (Lipinski definition) is 3. The number of rotatable bonds is 1. The highest BCUT2D eigenvalue weighted by Crippen LogP contribution is 2.16. The minimum absolute atomic E-state index is 0.0403. The number of nitrogens with zero attached hydrogens (tertiary/aromatic N) is 2. The molecule has 0 aliphatic carbocycles. The summed E-state index contributed by atoms with van der Waals surface area (Å²) in [7, 11) is 1.75. The van der Waals surface area contributed by atoms with Gasteiger partial charge in [0.15, 0.2) is 10.4 Å². The minimum atomic E-state index is -0.237. The molecule has 2 amide bonds. The van der Waals surface area contributed by atoms with Crippen molar-refractivity contribution >= 4 is 27.7 Å². The minimum Gasteiger partial charge on any atom is -0.444 e. The fourth-order valence-corrected chi connectivity index (χ4v) is 2.05. The third-order valence-corrected chi connectivity index (χ3v) is 3.17. The van der Waals surface area contributed by atoms with Gasteiger partial charge >= 0.3 is 0 Å². The fourth-order valence-electron chi connectivity index (χ4n) is 1.74. The van der Waals surface area contributed by atoms with E-state index in [-0.39, 0.29) is 24.1 Å². The summed E-state index contributed by atoms with van der Waals surface area (Å²) in [6.45, 7) is 1.38. The molecular formula is C11H13BrN2O3. The van der Waals surface area contributed by atoms with Crippen LogP contribution in [0.1, 0.15) is 17.0 Å². The van der Waals surface area contributed by atoms with Crippen molar-refractivity contribution in [2.75, 3.05) is 26.7 Å².